The quantitative estimate of drug-likeness (QED) is 0.860. The van der Waals surface area contributed by atoms with Crippen LogP contribution in [0.5, 0.6) is 5.75 Å². The van der Waals surface area contributed by atoms with Gasteiger partial charge in [0, 0.05) is 44.3 Å². The zero-order chi connectivity index (χ0) is 17.7. The van der Waals surface area contributed by atoms with Gasteiger partial charge in [-0.1, -0.05) is 13.8 Å². The summed E-state index contributed by atoms with van der Waals surface area (Å²) in [6.45, 7) is 9.06. The number of nitrogens with one attached hydrogen (secondary N) is 1. The molecule has 134 valence electrons. The largest absolute Gasteiger partial charge is 0.494 e. The molecular formula is C18H28FN3O2. The summed E-state index contributed by atoms with van der Waals surface area (Å²) in [5.74, 6) is -0.141. The maximum absolute atomic E-state index is 13.5. The number of benzene rings is 1. The second kappa shape index (κ2) is 8.44. The predicted octanol–water partition coefficient (Wildman–Crippen LogP) is 1.84. The zero-order valence-electron chi connectivity index (χ0n) is 15.0. The Morgan fingerprint density at radius 1 is 1.29 bits per heavy atom. The molecular weight excluding hydrogens is 309 g/mol. The van der Waals surface area contributed by atoms with Gasteiger partial charge in [-0.05, 0) is 31.2 Å². The third-order valence-electron chi connectivity index (χ3n) is 4.66. The second-order valence-corrected chi connectivity index (χ2v) is 6.71. The fourth-order valence-corrected chi connectivity index (χ4v) is 3.04. The SMILES string of the molecule is COc1cc(C(=O)NC[C@@H](C(C)C)N2CCN(C)CC2)ccc1F. The Hall–Kier alpha value is -1.66. The lowest BCUT2D eigenvalue weighted by Crippen LogP contribution is -2.54. The highest BCUT2D eigenvalue weighted by molar-refractivity contribution is 5.94. The number of methoxy groups -OCH3 is 1. The van der Waals surface area contributed by atoms with Crippen LogP contribution < -0.4 is 10.1 Å². The number of amides is 1. The first kappa shape index (κ1) is 18.7. The van der Waals surface area contributed by atoms with Crippen LogP contribution in [0, 0.1) is 11.7 Å². The number of rotatable bonds is 6. The highest BCUT2D eigenvalue weighted by Gasteiger charge is 2.25. The Kier molecular flexibility index (Phi) is 6.57. The highest BCUT2D eigenvalue weighted by Crippen LogP contribution is 2.18. The molecule has 6 heteroatoms. The molecule has 1 fully saturated rings. The van der Waals surface area contributed by atoms with Gasteiger partial charge >= 0.3 is 0 Å². The van der Waals surface area contributed by atoms with Crippen molar-refractivity contribution in [1.29, 1.82) is 0 Å². The van der Waals surface area contributed by atoms with Crippen LogP contribution in [-0.4, -0.2) is 68.6 Å². The van der Waals surface area contributed by atoms with E-state index in [1.807, 2.05) is 0 Å². The van der Waals surface area contributed by atoms with Crippen LogP contribution in [0.3, 0.4) is 0 Å². The summed E-state index contributed by atoms with van der Waals surface area (Å²) in [4.78, 5) is 17.1. The van der Waals surface area contributed by atoms with Crippen LogP contribution in [-0.2, 0) is 0 Å². The molecule has 0 aromatic heterocycles. The Morgan fingerprint density at radius 2 is 1.96 bits per heavy atom. The van der Waals surface area contributed by atoms with Crippen LogP contribution in [0.2, 0.25) is 0 Å². The summed E-state index contributed by atoms with van der Waals surface area (Å²) >= 11 is 0. The standard InChI is InChI=1S/C18H28FN3O2/c1-13(2)16(22-9-7-21(3)8-10-22)12-20-18(23)14-5-6-15(19)17(11-14)24-4/h5-6,11,13,16H,7-10,12H2,1-4H3,(H,20,23)/t16-/m0/s1. The molecule has 0 bridgehead atoms. The topological polar surface area (TPSA) is 44.8 Å². The third-order valence-corrected chi connectivity index (χ3v) is 4.66. The van der Waals surface area contributed by atoms with Crippen molar-refractivity contribution in [3.8, 4) is 5.75 Å². The van der Waals surface area contributed by atoms with Crippen molar-refractivity contribution in [2.24, 2.45) is 5.92 Å². The first-order chi connectivity index (χ1) is 11.4. The molecule has 1 heterocycles. The number of hydrogen-bond donors (Lipinski definition) is 1. The van der Waals surface area contributed by atoms with Crippen molar-refractivity contribution in [3.05, 3.63) is 29.6 Å². The second-order valence-electron chi connectivity index (χ2n) is 6.71. The molecule has 1 saturated heterocycles. The summed E-state index contributed by atoms with van der Waals surface area (Å²) in [5, 5.41) is 2.99. The van der Waals surface area contributed by atoms with Gasteiger partial charge < -0.3 is 15.0 Å². The smallest absolute Gasteiger partial charge is 0.251 e. The first-order valence-corrected chi connectivity index (χ1v) is 8.46. The lowest BCUT2D eigenvalue weighted by atomic mass is 10.0. The minimum Gasteiger partial charge on any atom is -0.494 e. The van der Waals surface area contributed by atoms with Gasteiger partial charge in [0.05, 0.1) is 7.11 Å². The Bertz CT molecular complexity index is 557. The number of piperazine rings is 1. The van der Waals surface area contributed by atoms with E-state index in [1.165, 1.54) is 25.3 Å². The summed E-state index contributed by atoms with van der Waals surface area (Å²) in [6, 6.07) is 4.47. The molecule has 5 nitrogen and oxygen atoms in total. The summed E-state index contributed by atoms with van der Waals surface area (Å²) in [5.41, 5.74) is 0.411. The zero-order valence-corrected chi connectivity index (χ0v) is 15.0. The van der Waals surface area contributed by atoms with Gasteiger partial charge in [-0.2, -0.15) is 0 Å². The Labute approximate surface area is 143 Å². The Balaban J connectivity index is 1.97. The predicted molar refractivity (Wildman–Crippen MR) is 93.0 cm³/mol. The average Bonchev–Trinajstić information content (AvgIpc) is 2.56. The van der Waals surface area contributed by atoms with E-state index in [1.54, 1.807) is 0 Å². The number of likely N-dealkylation sites (N-methyl/N-ethyl adjacent to an activating group) is 1. The summed E-state index contributed by atoms with van der Waals surface area (Å²) in [7, 11) is 3.52. The number of carbonyl (C=O) groups excluding carboxylic acids is 1. The molecule has 1 aliphatic rings. The van der Waals surface area contributed by atoms with Gasteiger partial charge in [0.1, 0.15) is 0 Å². The van der Waals surface area contributed by atoms with E-state index < -0.39 is 5.82 Å². The van der Waals surface area contributed by atoms with Crippen molar-refractivity contribution in [2.75, 3.05) is 46.9 Å². The monoisotopic (exact) mass is 337 g/mol. The number of carbonyl (C=O) groups is 1. The molecule has 1 N–H and O–H groups in total. The number of nitrogens with zero attached hydrogens (tertiary/aromatic N) is 2. The third kappa shape index (κ3) is 4.68. The summed E-state index contributed by atoms with van der Waals surface area (Å²) < 4.78 is 18.4. The maximum atomic E-state index is 13.5. The molecule has 24 heavy (non-hydrogen) atoms. The fraction of sp³-hybridized carbons (Fsp3) is 0.611. The van der Waals surface area contributed by atoms with Crippen LogP contribution in [0.1, 0.15) is 24.2 Å². The number of ether oxygens (including phenoxy) is 1. The molecule has 1 aromatic carbocycles. The van der Waals surface area contributed by atoms with Crippen molar-refractivity contribution in [1.82, 2.24) is 15.1 Å². The van der Waals surface area contributed by atoms with E-state index in [4.69, 9.17) is 4.74 Å². The van der Waals surface area contributed by atoms with Crippen LogP contribution in [0.25, 0.3) is 0 Å². The first-order valence-electron chi connectivity index (χ1n) is 8.46. The van der Waals surface area contributed by atoms with Gasteiger partial charge in [0.2, 0.25) is 0 Å². The molecule has 0 radical (unpaired) electrons. The molecule has 0 spiro atoms. The highest BCUT2D eigenvalue weighted by atomic mass is 19.1. The van der Waals surface area contributed by atoms with E-state index in [0.717, 1.165) is 26.2 Å². The molecule has 0 unspecified atom stereocenters. The van der Waals surface area contributed by atoms with E-state index in [2.05, 4.69) is 36.0 Å². The number of hydrogen-bond acceptors (Lipinski definition) is 4. The van der Waals surface area contributed by atoms with Crippen LogP contribution in [0.4, 0.5) is 4.39 Å². The molecule has 1 atom stereocenters. The van der Waals surface area contributed by atoms with Gasteiger partial charge in [0.25, 0.3) is 5.91 Å². The maximum Gasteiger partial charge on any atom is 0.251 e. The normalized spacial score (nSPS) is 17.8. The molecule has 2 rings (SSSR count). The molecule has 0 aliphatic carbocycles. The minimum atomic E-state index is -0.466. The van der Waals surface area contributed by atoms with Crippen molar-refractivity contribution in [3.63, 3.8) is 0 Å². The van der Waals surface area contributed by atoms with E-state index >= 15 is 0 Å². The number of halogens is 1. The minimum absolute atomic E-state index is 0.0853. The molecule has 1 aromatic rings. The van der Waals surface area contributed by atoms with Crippen molar-refractivity contribution in [2.45, 2.75) is 19.9 Å². The van der Waals surface area contributed by atoms with Gasteiger partial charge in [-0.15, -0.1) is 0 Å². The van der Waals surface area contributed by atoms with Crippen LogP contribution in [0.15, 0.2) is 18.2 Å². The van der Waals surface area contributed by atoms with Crippen molar-refractivity contribution < 1.29 is 13.9 Å². The Morgan fingerprint density at radius 3 is 2.54 bits per heavy atom. The fourth-order valence-electron chi connectivity index (χ4n) is 3.04. The molecule has 0 saturated carbocycles. The average molecular weight is 337 g/mol. The summed E-state index contributed by atoms with van der Waals surface area (Å²) in [6.07, 6.45) is 0. The van der Waals surface area contributed by atoms with E-state index in [0.29, 0.717) is 24.1 Å². The van der Waals surface area contributed by atoms with E-state index in [-0.39, 0.29) is 11.7 Å². The van der Waals surface area contributed by atoms with Gasteiger partial charge in [0.15, 0.2) is 11.6 Å². The van der Waals surface area contributed by atoms with E-state index in [9.17, 15) is 9.18 Å². The van der Waals surface area contributed by atoms with Crippen molar-refractivity contribution >= 4 is 5.91 Å². The molecule has 1 aliphatic heterocycles. The van der Waals surface area contributed by atoms with Gasteiger partial charge in [-0.25, -0.2) is 4.39 Å². The lowest BCUT2D eigenvalue weighted by molar-refractivity contribution is 0.0790. The van der Waals surface area contributed by atoms with Gasteiger partial charge in [-0.3, -0.25) is 9.69 Å². The van der Waals surface area contributed by atoms with Crippen LogP contribution >= 0.6 is 0 Å². The molecule has 1 amide bonds. The lowest BCUT2D eigenvalue weighted by Gasteiger charge is -2.39.